The number of pyridine rings is 1. The van der Waals surface area contributed by atoms with E-state index in [0.717, 1.165) is 16.4 Å². The van der Waals surface area contributed by atoms with Gasteiger partial charge in [0.25, 0.3) is 15.9 Å². The molecule has 1 aliphatic rings. The summed E-state index contributed by atoms with van der Waals surface area (Å²) in [5, 5.41) is 9.71. The van der Waals surface area contributed by atoms with E-state index < -0.39 is 45.7 Å². The number of hydrogen-bond acceptors (Lipinski definition) is 7. The maximum Gasteiger partial charge on any atom is 0.416 e. The summed E-state index contributed by atoms with van der Waals surface area (Å²) in [4.78, 5) is 23.3. The highest BCUT2D eigenvalue weighted by molar-refractivity contribution is 7.89. The molecule has 0 aliphatic carbocycles. The van der Waals surface area contributed by atoms with Crippen molar-refractivity contribution in [2.75, 3.05) is 26.7 Å². The SMILES string of the molecule is C[C@H](CO)N1C[C@H](C)[C@H](CN(C)S(=O)(=O)c2cn(C)cn2)Oc2ncc(-c3cccc(C(F)(F)F)c3)cc2C1=O. The zero-order valence-corrected chi connectivity index (χ0v) is 23.1. The highest BCUT2D eigenvalue weighted by atomic mass is 32.2. The largest absolute Gasteiger partial charge is 0.472 e. The summed E-state index contributed by atoms with van der Waals surface area (Å²) >= 11 is 0. The van der Waals surface area contributed by atoms with Gasteiger partial charge in [-0.05, 0) is 30.7 Å². The molecule has 3 heterocycles. The number of aliphatic hydroxyl groups excluding tert-OH is 1. The third kappa shape index (κ3) is 5.98. The lowest BCUT2D eigenvalue weighted by molar-refractivity contribution is -0.137. The number of benzene rings is 1. The highest BCUT2D eigenvalue weighted by Gasteiger charge is 2.36. The average molecular weight is 582 g/mol. The molecule has 1 aliphatic heterocycles. The molecule has 3 atom stereocenters. The Bertz CT molecular complexity index is 1490. The number of amides is 1. The van der Waals surface area contributed by atoms with Gasteiger partial charge >= 0.3 is 6.18 Å². The number of likely N-dealkylation sites (N-methyl/N-ethyl adjacent to an activating group) is 1. The fourth-order valence-electron chi connectivity index (χ4n) is 4.39. The molecule has 2 aromatic heterocycles. The second-order valence-corrected chi connectivity index (χ2v) is 11.9. The number of nitrogens with zero attached hydrogens (tertiary/aromatic N) is 5. The van der Waals surface area contributed by atoms with Gasteiger partial charge in [-0.25, -0.2) is 18.4 Å². The third-order valence-electron chi connectivity index (χ3n) is 6.84. The van der Waals surface area contributed by atoms with Crippen molar-refractivity contribution in [2.45, 2.75) is 37.2 Å². The molecule has 0 saturated carbocycles. The van der Waals surface area contributed by atoms with Gasteiger partial charge in [0.05, 0.1) is 31.1 Å². The van der Waals surface area contributed by atoms with Crippen molar-refractivity contribution >= 4 is 15.9 Å². The number of hydrogen-bond donors (Lipinski definition) is 1. The van der Waals surface area contributed by atoms with Crippen LogP contribution in [0, 0.1) is 5.92 Å². The fourth-order valence-corrected chi connectivity index (χ4v) is 5.53. The molecule has 0 unspecified atom stereocenters. The number of sulfonamides is 1. The van der Waals surface area contributed by atoms with E-state index in [4.69, 9.17) is 4.74 Å². The molecule has 1 N–H and O–H groups in total. The lowest BCUT2D eigenvalue weighted by atomic mass is 9.99. The van der Waals surface area contributed by atoms with Crippen molar-refractivity contribution in [2.24, 2.45) is 13.0 Å². The van der Waals surface area contributed by atoms with Crippen LogP contribution >= 0.6 is 0 Å². The Morgan fingerprint density at radius 3 is 2.58 bits per heavy atom. The van der Waals surface area contributed by atoms with Gasteiger partial charge in [-0.3, -0.25) is 4.79 Å². The molecule has 0 spiro atoms. The van der Waals surface area contributed by atoms with E-state index in [0.29, 0.717) is 0 Å². The highest BCUT2D eigenvalue weighted by Crippen LogP contribution is 2.34. The summed E-state index contributed by atoms with van der Waals surface area (Å²) in [6.45, 7) is 3.12. The van der Waals surface area contributed by atoms with Crippen molar-refractivity contribution in [1.82, 2.24) is 23.7 Å². The monoisotopic (exact) mass is 581 g/mol. The Morgan fingerprint density at radius 2 is 1.95 bits per heavy atom. The number of carbonyl (C=O) groups excluding carboxylic acids is 1. The van der Waals surface area contributed by atoms with E-state index in [2.05, 4.69) is 9.97 Å². The maximum absolute atomic E-state index is 13.6. The van der Waals surface area contributed by atoms with Crippen LogP contribution in [0.25, 0.3) is 11.1 Å². The number of fused-ring (bicyclic) bond motifs is 1. The van der Waals surface area contributed by atoms with Gasteiger partial charge in [0.15, 0.2) is 5.03 Å². The van der Waals surface area contributed by atoms with Gasteiger partial charge in [0.1, 0.15) is 11.7 Å². The number of halogens is 3. The number of aromatic nitrogens is 3. The topological polar surface area (TPSA) is 118 Å². The van der Waals surface area contributed by atoms with Crippen LogP contribution in [0.3, 0.4) is 0 Å². The quantitative estimate of drug-likeness (QED) is 0.456. The van der Waals surface area contributed by atoms with Crippen molar-refractivity contribution in [3.8, 4) is 17.0 Å². The molecule has 0 saturated heterocycles. The predicted octanol–water partition coefficient (Wildman–Crippen LogP) is 3.04. The maximum atomic E-state index is 13.6. The van der Waals surface area contributed by atoms with Gasteiger partial charge in [-0.1, -0.05) is 19.1 Å². The Balaban J connectivity index is 1.73. The molecule has 1 aromatic carbocycles. The first-order chi connectivity index (χ1) is 18.7. The Morgan fingerprint density at radius 1 is 1.23 bits per heavy atom. The molecule has 4 rings (SSSR count). The summed E-state index contributed by atoms with van der Waals surface area (Å²) < 4.78 is 74.8. The van der Waals surface area contributed by atoms with Gasteiger partial charge in [-0.2, -0.15) is 17.5 Å². The van der Waals surface area contributed by atoms with E-state index in [9.17, 15) is 31.5 Å². The van der Waals surface area contributed by atoms with Gasteiger partial charge in [0, 0.05) is 44.5 Å². The van der Waals surface area contributed by atoms with Crippen LogP contribution < -0.4 is 4.74 Å². The van der Waals surface area contributed by atoms with Crippen LogP contribution in [0.1, 0.15) is 29.8 Å². The average Bonchev–Trinajstić information content (AvgIpc) is 3.36. The molecule has 0 radical (unpaired) electrons. The Hall–Kier alpha value is -3.49. The zero-order chi connectivity index (χ0) is 29.4. The molecule has 1 amide bonds. The number of carbonyl (C=O) groups is 1. The van der Waals surface area contributed by atoms with E-state index in [-0.39, 0.29) is 47.3 Å². The molecule has 3 aromatic rings. The second-order valence-electron chi connectivity index (χ2n) is 9.94. The van der Waals surface area contributed by atoms with Crippen molar-refractivity contribution in [3.63, 3.8) is 0 Å². The lowest BCUT2D eigenvalue weighted by Gasteiger charge is -2.37. The molecule has 10 nitrogen and oxygen atoms in total. The van der Waals surface area contributed by atoms with Crippen LogP contribution in [0.5, 0.6) is 5.88 Å². The zero-order valence-electron chi connectivity index (χ0n) is 22.3. The third-order valence-corrected chi connectivity index (χ3v) is 8.55. The summed E-state index contributed by atoms with van der Waals surface area (Å²) in [6.07, 6.45) is -1.26. The van der Waals surface area contributed by atoms with Crippen LogP contribution in [0.4, 0.5) is 13.2 Å². The summed E-state index contributed by atoms with van der Waals surface area (Å²) in [7, 11) is -0.914. The number of rotatable bonds is 7. The first-order valence-corrected chi connectivity index (χ1v) is 13.9. The molecule has 0 fully saturated rings. The van der Waals surface area contributed by atoms with Gasteiger partial charge in [-0.15, -0.1) is 0 Å². The normalized spacial score (nSPS) is 19.1. The molecular weight excluding hydrogens is 551 g/mol. The minimum absolute atomic E-state index is 0.0117. The first-order valence-electron chi connectivity index (χ1n) is 12.4. The number of imidazole rings is 1. The van der Waals surface area contributed by atoms with E-state index in [1.54, 1.807) is 20.9 Å². The number of aliphatic hydroxyl groups is 1. The van der Waals surface area contributed by atoms with Crippen LogP contribution in [-0.2, 0) is 23.2 Å². The summed E-state index contributed by atoms with van der Waals surface area (Å²) in [5.74, 6) is -0.994. The molecule has 216 valence electrons. The van der Waals surface area contributed by atoms with Crippen molar-refractivity contribution in [3.05, 3.63) is 60.2 Å². The van der Waals surface area contributed by atoms with Gasteiger partial charge < -0.3 is 19.3 Å². The van der Waals surface area contributed by atoms with Crippen LogP contribution in [-0.4, -0.2) is 82.1 Å². The summed E-state index contributed by atoms with van der Waals surface area (Å²) in [6, 6.07) is 5.46. The predicted molar refractivity (Wildman–Crippen MR) is 139 cm³/mol. The lowest BCUT2D eigenvalue weighted by Crippen LogP contribution is -2.50. The Labute approximate surface area is 230 Å². The summed E-state index contributed by atoms with van der Waals surface area (Å²) in [5.41, 5.74) is -0.394. The van der Waals surface area contributed by atoms with Crippen LogP contribution in [0.2, 0.25) is 0 Å². The minimum atomic E-state index is -4.55. The second kappa shape index (κ2) is 11.2. The standard InChI is InChI=1S/C26H30F3N5O5S/c1-16-11-34(17(2)14-35)25(36)21-9-19(18-6-5-7-20(8-18)26(27,28)29)10-30-24(21)39-22(16)12-33(4)40(37,38)23-13-32(3)15-31-23/h5-10,13,15-17,22,35H,11-12,14H2,1-4H3/t16-,17+,22-/m0/s1. The molecule has 0 bridgehead atoms. The molecular formula is C26H30F3N5O5S. The van der Waals surface area contributed by atoms with Crippen molar-refractivity contribution < 1.29 is 36.2 Å². The van der Waals surface area contributed by atoms with E-state index >= 15 is 0 Å². The van der Waals surface area contributed by atoms with E-state index in [1.165, 1.54) is 53.4 Å². The number of alkyl halides is 3. The smallest absolute Gasteiger partial charge is 0.416 e. The Kier molecular flexibility index (Phi) is 8.24. The van der Waals surface area contributed by atoms with Crippen LogP contribution in [0.15, 0.2) is 54.1 Å². The molecule has 14 heteroatoms. The number of ether oxygens (including phenoxy) is 1. The number of aryl methyl sites for hydroxylation is 1. The minimum Gasteiger partial charge on any atom is -0.472 e. The fraction of sp³-hybridized carbons (Fsp3) is 0.423. The van der Waals surface area contributed by atoms with E-state index in [1.807, 2.05) is 0 Å². The first kappa shape index (κ1) is 29.5. The van der Waals surface area contributed by atoms with Crippen molar-refractivity contribution in [1.29, 1.82) is 0 Å². The molecule has 40 heavy (non-hydrogen) atoms. The van der Waals surface area contributed by atoms with Gasteiger partial charge in [0.2, 0.25) is 5.88 Å².